The van der Waals surface area contributed by atoms with Crippen LogP contribution in [-0.2, 0) is 19.3 Å². The molecule has 1 aromatic rings. The van der Waals surface area contributed by atoms with Gasteiger partial charge in [-0.05, 0) is 13.8 Å². The Labute approximate surface area is 111 Å². The highest BCUT2D eigenvalue weighted by Gasteiger charge is 2.42. The van der Waals surface area contributed by atoms with E-state index in [2.05, 4.69) is 0 Å². The first-order chi connectivity index (χ1) is 8.83. The van der Waals surface area contributed by atoms with Crippen LogP contribution in [0.3, 0.4) is 0 Å². The lowest BCUT2D eigenvalue weighted by molar-refractivity contribution is 0.0685. The molecule has 108 valence electrons. The summed E-state index contributed by atoms with van der Waals surface area (Å²) in [4.78, 5) is 0. The molecular weight excluding hydrogens is 277 g/mol. The van der Waals surface area contributed by atoms with E-state index in [4.69, 9.17) is 13.3 Å². The molecule has 0 atom stereocenters. The van der Waals surface area contributed by atoms with E-state index in [1.54, 1.807) is 13.8 Å². The molecule has 0 saturated heterocycles. The number of hydrogen-bond acceptors (Lipinski definition) is 3. The average Bonchev–Trinajstić information content (AvgIpc) is 2.31. The molecule has 0 heterocycles. The summed E-state index contributed by atoms with van der Waals surface area (Å²) < 4.78 is 56.1. The summed E-state index contributed by atoms with van der Waals surface area (Å²) in [5.74, 6) is -2.92. The molecule has 0 spiro atoms. The monoisotopic (exact) mass is 294 g/mol. The summed E-state index contributed by atoms with van der Waals surface area (Å²) >= 11 is 0. The van der Waals surface area contributed by atoms with E-state index >= 15 is 0 Å². The highest BCUT2D eigenvalue weighted by Crippen LogP contribution is 2.22. The molecule has 7 heteroatoms. The zero-order chi connectivity index (χ0) is 14.6. The van der Waals surface area contributed by atoms with Crippen LogP contribution in [-0.4, -0.2) is 29.1 Å². The Kier molecular flexibility index (Phi) is 5.54. The predicted molar refractivity (Wildman–Crippen MR) is 66.0 cm³/mol. The summed E-state index contributed by atoms with van der Waals surface area (Å²) in [5.41, 5.74) is -0.294. The smallest absolute Gasteiger partial charge is 0.377 e. The third-order valence-electron chi connectivity index (χ3n) is 2.54. The van der Waals surface area contributed by atoms with Crippen LogP contribution >= 0.6 is 0 Å². The quantitative estimate of drug-likeness (QED) is 0.755. The first kappa shape index (κ1) is 16.2. The second-order valence-corrected chi connectivity index (χ2v) is 7.05. The topological polar surface area (TPSA) is 27.7 Å². The van der Waals surface area contributed by atoms with Crippen LogP contribution in [0.5, 0.6) is 0 Å². The summed E-state index contributed by atoms with van der Waals surface area (Å²) in [6.45, 7) is 3.52. The number of benzene rings is 1. The summed E-state index contributed by atoms with van der Waals surface area (Å²) in [5, 5.41) is 0. The molecule has 0 unspecified atom stereocenters. The van der Waals surface area contributed by atoms with Crippen molar-refractivity contribution in [3.05, 3.63) is 35.1 Å². The lowest BCUT2D eigenvalue weighted by Gasteiger charge is -2.28. The maximum absolute atomic E-state index is 13.6. The van der Waals surface area contributed by atoms with Gasteiger partial charge in [-0.2, -0.15) is 0 Å². The van der Waals surface area contributed by atoms with Gasteiger partial charge in [0.25, 0.3) is 0 Å². The molecule has 1 aromatic carbocycles. The third-order valence-corrected chi connectivity index (χ3v) is 5.40. The molecule has 0 aliphatic carbocycles. The van der Waals surface area contributed by atoms with Crippen LogP contribution in [0.4, 0.5) is 13.2 Å². The van der Waals surface area contributed by atoms with Crippen molar-refractivity contribution in [1.29, 1.82) is 0 Å². The van der Waals surface area contributed by atoms with Crippen molar-refractivity contribution in [2.24, 2.45) is 0 Å². The molecule has 0 aliphatic rings. The van der Waals surface area contributed by atoms with E-state index in [9.17, 15) is 13.2 Å². The molecule has 0 bridgehead atoms. The van der Waals surface area contributed by atoms with Crippen molar-refractivity contribution in [2.75, 3.05) is 14.2 Å². The highest BCUT2D eigenvalue weighted by molar-refractivity contribution is 6.60. The van der Waals surface area contributed by atoms with E-state index in [1.165, 1.54) is 14.2 Å². The van der Waals surface area contributed by atoms with Crippen molar-refractivity contribution < 1.29 is 26.4 Å². The second kappa shape index (κ2) is 6.51. The maximum atomic E-state index is 13.6. The normalized spacial score (nSPS) is 12.2. The molecular formula is C12H17F3O3Si. The third kappa shape index (κ3) is 4.03. The van der Waals surface area contributed by atoms with E-state index in [-0.39, 0.29) is 17.7 Å². The number of halogens is 3. The summed E-state index contributed by atoms with van der Waals surface area (Å²) in [6.07, 6.45) is -0.224. The highest BCUT2D eigenvalue weighted by atomic mass is 28.4. The summed E-state index contributed by atoms with van der Waals surface area (Å²) in [7, 11) is -0.513. The van der Waals surface area contributed by atoms with Crippen molar-refractivity contribution >= 4 is 8.80 Å². The lowest BCUT2D eigenvalue weighted by atomic mass is 10.2. The molecule has 0 amide bonds. The first-order valence-corrected chi connectivity index (χ1v) is 7.68. The molecule has 0 aromatic heterocycles. The molecule has 19 heavy (non-hydrogen) atoms. The van der Waals surface area contributed by atoms with Crippen LogP contribution in [0.2, 0.25) is 0 Å². The minimum absolute atomic E-state index is 0.198. The van der Waals surface area contributed by atoms with Crippen molar-refractivity contribution in [3.63, 3.8) is 0 Å². The van der Waals surface area contributed by atoms with Crippen molar-refractivity contribution in [2.45, 2.75) is 26.0 Å². The zero-order valence-electron chi connectivity index (χ0n) is 11.3. The van der Waals surface area contributed by atoms with E-state index in [1.807, 2.05) is 0 Å². The Hall–Kier alpha value is -0.893. The second-order valence-electron chi connectivity index (χ2n) is 4.28. The molecule has 0 fully saturated rings. The van der Waals surface area contributed by atoms with E-state index in [0.717, 1.165) is 0 Å². The van der Waals surface area contributed by atoms with Gasteiger partial charge >= 0.3 is 8.80 Å². The standard InChI is InChI=1S/C12H17F3O3Si/c1-8(2)18-19(16-3,17-4)7-10-11(14)5-9(13)6-12(10)15/h5-6,8H,7H2,1-4H3. The van der Waals surface area contributed by atoms with Gasteiger partial charge in [0.05, 0.1) is 0 Å². The molecule has 0 N–H and O–H groups in total. The van der Waals surface area contributed by atoms with Gasteiger partial charge in [-0.15, -0.1) is 0 Å². The van der Waals surface area contributed by atoms with Crippen LogP contribution < -0.4 is 0 Å². The Bertz CT molecular complexity index is 413. The van der Waals surface area contributed by atoms with Crippen molar-refractivity contribution in [1.82, 2.24) is 0 Å². The lowest BCUT2D eigenvalue weighted by Crippen LogP contribution is -2.48. The Morgan fingerprint density at radius 2 is 1.53 bits per heavy atom. The fourth-order valence-electron chi connectivity index (χ4n) is 1.68. The predicted octanol–water partition coefficient (Wildman–Crippen LogP) is 2.84. The largest absolute Gasteiger partial charge is 0.505 e. The van der Waals surface area contributed by atoms with Gasteiger partial charge in [0, 0.05) is 44.1 Å². The van der Waals surface area contributed by atoms with Gasteiger partial charge in [0.2, 0.25) is 0 Å². The molecule has 0 aliphatic heterocycles. The molecule has 3 nitrogen and oxygen atoms in total. The summed E-state index contributed by atoms with van der Waals surface area (Å²) in [6, 6.07) is 1.05. The fourth-order valence-corrected chi connectivity index (χ4v) is 3.90. The number of hydrogen-bond donors (Lipinski definition) is 0. The SMILES string of the molecule is CO[Si](Cc1c(F)cc(F)cc1F)(OC)OC(C)C. The van der Waals surface area contributed by atoms with Gasteiger partial charge in [-0.3, -0.25) is 0 Å². The zero-order valence-corrected chi connectivity index (χ0v) is 12.3. The van der Waals surface area contributed by atoms with Crippen LogP contribution in [0.15, 0.2) is 12.1 Å². The molecule has 0 saturated carbocycles. The van der Waals surface area contributed by atoms with Crippen LogP contribution in [0, 0.1) is 17.5 Å². The Morgan fingerprint density at radius 1 is 1.05 bits per heavy atom. The minimum Gasteiger partial charge on any atom is -0.377 e. The van der Waals surface area contributed by atoms with E-state index < -0.39 is 26.3 Å². The van der Waals surface area contributed by atoms with E-state index in [0.29, 0.717) is 12.1 Å². The Balaban J connectivity index is 3.10. The fraction of sp³-hybridized carbons (Fsp3) is 0.500. The van der Waals surface area contributed by atoms with Gasteiger partial charge in [-0.25, -0.2) is 13.2 Å². The van der Waals surface area contributed by atoms with Gasteiger partial charge < -0.3 is 13.3 Å². The molecule has 1 rings (SSSR count). The Morgan fingerprint density at radius 3 is 1.89 bits per heavy atom. The van der Waals surface area contributed by atoms with Gasteiger partial charge in [0.1, 0.15) is 17.5 Å². The average molecular weight is 294 g/mol. The van der Waals surface area contributed by atoms with Crippen LogP contribution in [0.25, 0.3) is 0 Å². The van der Waals surface area contributed by atoms with Gasteiger partial charge in [-0.1, -0.05) is 0 Å². The van der Waals surface area contributed by atoms with Gasteiger partial charge in [0.15, 0.2) is 0 Å². The van der Waals surface area contributed by atoms with Crippen molar-refractivity contribution in [3.8, 4) is 0 Å². The van der Waals surface area contributed by atoms with Crippen LogP contribution in [0.1, 0.15) is 19.4 Å². The first-order valence-electron chi connectivity index (χ1n) is 5.75. The maximum Gasteiger partial charge on any atom is 0.505 e. The number of rotatable bonds is 6. The molecule has 0 radical (unpaired) electrons. The minimum atomic E-state index is -3.23.